The van der Waals surface area contributed by atoms with Crippen LogP contribution in [-0.4, -0.2) is 32.6 Å². The molecule has 1 fully saturated rings. The molecule has 0 unspecified atom stereocenters. The van der Waals surface area contributed by atoms with Crippen LogP contribution in [-0.2, 0) is 25.0 Å². The van der Waals surface area contributed by atoms with E-state index in [2.05, 4.69) is 85.8 Å². The Morgan fingerprint density at radius 1 is 1.13 bits per heavy atom. The second kappa shape index (κ2) is 8.35. The molecule has 2 atom stereocenters. The smallest absolute Gasteiger partial charge is 0.466 e. The van der Waals surface area contributed by atoms with E-state index in [4.69, 9.17) is 13.7 Å². The number of hydrogen-bond donors (Lipinski definition) is 0. The monoisotopic (exact) mass is 444 g/mol. The highest BCUT2D eigenvalue weighted by Crippen LogP contribution is 2.47. The van der Waals surface area contributed by atoms with Gasteiger partial charge in [-0.2, -0.15) is 0 Å². The van der Waals surface area contributed by atoms with Crippen molar-refractivity contribution in [1.29, 1.82) is 0 Å². The van der Waals surface area contributed by atoms with Gasteiger partial charge in [0.15, 0.2) is 0 Å². The van der Waals surface area contributed by atoms with Gasteiger partial charge < -0.3 is 13.7 Å². The fraction of sp³-hybridized carbons (Fsp3) is 0.720. The highest BCUT2D eigenvalue weighted by Gasteiger charge is 2.56. The Morgan fingerprint density at radius 2 is 1.71 bits per heavy atom. The molecule has 0 radical (unpaired) electrons. The average molecular weight is 444 g/mol. The van der Waals surface area contributed by atoms with Crippen LogP contribution in [0.15, 0.2) is 24.3 Å². The number of rotatable bonds is 5. The van der Waals surface area contributed by atoms with Crippen molar-refractivity contribution in [3.63, 3.8) is 0 Å². The Hall–Kier alpha value is -1.11. The zero-order chi connectivity index (χ0) is 23.2. The first-order chi connectivity index (χ1) is 14.1. The van der Waals surface area contributed by atoms with Crippen LogP contribution in [0, 0.1) is 5.92 Å². The van der Waals surface area contributed by atoms with Crippen LogP contribution in [0.3, 0.4) is 0 Å². The molecule has 0 bridgehead atoms. The molecular weight excluding hydrogens is 403 g/mol. The molecule has 0 aromatic heterocycles. The predicted octanol–water partition coefficient (Wildman–Crippen LogP) is 6.29. The Labute approximate surface area is 190 Å². The molecule has 0 amide bonds. The van der Waals surface area contributed by atoms with E-state index in [9.17, 15) is 4.79 Å². The topological polar surface area (TPSA) is 44.8 Å². The zero-order valence-corrected chi connectivity index (χ0v) is 22.0. The Balaban J connectivity index is 1.77. The maximum absolute atomic E-state index is 12.8. The van der Waals surface area contributed by atoms with Crippen LogP contribution < -0.4 is 0 Å². The minimum absolute atomic E-state index is 0.0255. The summed E-state index contributed by atoms with van der Waals surface area (Å²) in [5.74, 6) is 0.404. The number of carbonyl (C=O) groups excluding carboxylic acids is 1. The number of hydrogen-bond acceptors (Lipinski definition) is 4. The fourth-order valence-corrected chi connectivity index (χ4v) is 5.36. The normalized spacial score (nSPS) is 25.3. The first-order valence-electron chi connectivity index (χ1n) is 11.8. The molecule has 1 aliphatic carbocycles. The van der Waals surface area contributed by atoms with E-state index in [0.29, 0.717) is 12.3 Å². The average Bonchev–Trinajstić information content (AvgIpc) is 2.85. The summed E-state index contributed by atoms with van der Waals surface area (Å²) in [7, 11) is -2.39. The van der Waals surface area contributed by atoms with Crippen LogP contribution in [0.4, 0.5) is 0 Å². The van der Waals surface area contributed by atoms with E-state index in [0.717, 1.165) is 19.3 Å². The summed E-state index contributed by atoms with van der Waals surface area (Å²) < 4.78 is 19.0. The molecule has 1 heterocycles. The van der Waals surface area contributed by atoms with Gasteiger partial charge in [-0.3, -0.25) is 4.79 Å². The molecule has 1 aliphatic heterocycles. The summed E-state index contributed by atoms with van der Waals surface area (Å²) in [4.78, 5) is 12.8. The molecule has 2 aliphatic rings. The van der Waals surface area contributed by atoms with Gasteiger partial charge in [0.2, 0.25) is 0 Å². The van der Waals surface area contributed by atoms with Crippen molar-refractivity contribution in [3.05, 3.63) is 35.4 Å². The molecule has 0 spiro atoms. The van der Waals surface area contributed by atoms with Crippen LogP contribution >= 0.6 is 0 Å². The van der Waals surface area contributed by atoms with E-state index in [1.807, 2.05) is 0 Å². The lowest BCUT2D eigenvalue weighted by Gasteiger charge is -2.37. The second-order valence-corrected chi connectivity index (χ2v) is 16.6. The first-order valence-corrected chi connectivity index (χ1v) is 14.7. The third-order valence-corrected chi connectivity index (χ3v) is 12.5. The van der Waals surface area contributed by atoms with E-state index in [-0.39, 0.29) is 35.1 Å². The van der Waals surface area contributed by atoms with E-state index in [1.165, 1.54) is 11.1 Å². The quantitative estimate of drug-likeness (QED) is 0.501. The number of aryl methyl sites for hydroxylation is 1. The SMILES string of the molecule is CC1(C)OB([C@@H]2c3ccccc3CC[C@H]2CCC(=O)O[Si](C)(C)C(C)(C)C)OC1(C)C. The van der Waals surface area contributed by atoms with Crippen molar-refractivity contribution in [2.45, 2.75) is 109 Å². The molecule has 0 saturated carbocycles. The lowest BCUT2D eigenvalue weighted by Crippen LogP contribution is -2.42. The Kier molecular flexibility index (Phi) is 6.61. The minimum Gasteiger partial charge on any atom is -0.519 e. The van der Waals surface area contributed by atoms with E-state index in [1.54, 1.807) is 0 Å². The molecule has 1 aromatic rings. The van der Waals surface area contributed by atoms with Gasteiger partial charge in [-0.05, 0) is 82.1 Å². The van der Waals surface area contributed by atoms with Crippen molar-refractivity contribution < 1.29 is 18.5 Å². The van der Waals surface area contributed by atoms with E-state index >= 15 is 0 Å². The van der Waals surface area contributed by atoms with Gasteiger partial charge in [-0.15, -0.1) is 0 Å². The van der Waals surface area contributed by atoms with Gasteiger partial charge in [-0.25, -0.2) is 0 Å². The summed E-state index contributed by atoms with van der Waals surface area (Å²) in [5, 5.41) is 0.0255. The summed E-state index contributed by atoms with van der Waals surface area (Å²) in [6, 6.07) is 8.64. The van der Waals surface area contributed by atoms with Gasteiger partial charge in [0.1, 0.15) is 0 Å². The van der Waals surface area contributed by atoms with Crippen LogP contribution in [0.5, 0.6) is 0 Å². The van der Waals surface area contributed by atoms with Crippen molar-refractivity contribution in [2.75, 3.05) is 0 Å². The number of carbonyl (C=O) groups is 1. The third-order valence-electron chi connectivity index (χ3n) is 8.17. The van der Waals surface area contributed by atoms with Crippen molar-refractivity contribution in [1.82, 2.24) is 0 Å². The van der Waals surface area contributed by atoms with Gasteiger partial charge in [0.25, 0.3) is 14.3 Å². The molecule has 4 nitrogen and oxygen atoms in total. The van der Waals surface area contributed by atoms with Crippen LogP contribution in [0.1, 0.15) is 84.7 Å². The van der Waals surface area contributed by atoms with Crippen LogP contribution in [0.25, 0.3) is 0 Å². The summed E-state index contributed by atoms with van der Waals surface area (Å²) in [5.41, 5.74) is 1.96. The standard InChI is InChI=1S/C25H41BO4Si/c1-23(2,3)31(8,9)28-21(27)17-16-19-15-14-18-12-10-11-13-20(18)22(19)26-29-24(4,5)25(6,7)30-26/h10-13,19,22H,14-17H2,1-9H3/t19-,22-/m0/s1. The fourth-order valence-electron chi connectivity index (χ4n) is 4.38. The van der Waals surface area contributed by atoms with Crippen molar-refractivity contribution >= 4 is 21.4 Å². The predicted molar refractivity (Wildman–Crippen MR) is 130 cm³/mol. The van der Waals surface area contributed by atoms with Crippen molar-refractivity contribution in [2.24, 2.45) is 5.92 Å². The molecule has 31 heavy (non-hydrogen) atoms. The third kappa shape index (κ3) is 4.96. The van der Waals surface area contributed by atoms with Gasteiger partial charge in [0.05, 0.1) is 11.2 Å². The van der Waals surface area contributed by atoms with Gasteiger partial charge in [-0.1, -0.05) is 45.0 Å². The maximum Gasteiger partial charge on any atom is 0.466 e. The molecule has 0 N–H and O–H groups in total. The molecule has 1 aromatic carbocycles. The molecule has 6 heteroatoms. The summed E-state index contributed by atoms with van der Waals surface area (Å²) >= 11 is 0. The first kappa shape index (κ1) is 24.5. The summed E-state index contributed by atoms with van der Waals surface area (Å²) in [6.07, 6.45) is 3.33. The Bertz CT molecular complexity index is 796. The highest BCUT2D eigenvalue weighted by atomic mass is 28.4. The van der Waals surface area contributed by atoms with Gasteiger partial charge in [0, 0.05) is 12.2 Å². The molecule has 3 rings (SSSR count). The van der Waals surface area contributed by atoms with Gasteiger partial charge >= 0.3 is 7.12 Å². The number of benzene rings is 1. The largest absolute Gasteiger partial charge is 0.519 e. The number of fused-ring (bicyclic) bond motifs is 1. The maximum atomic E-state index is 12.8. The van der Waals surface area contributed by atoms with Crippen LogP contribution in [0.2, 0.25) is 18.1 Å². The lowest BCUT2D eigenvalue weighted by atomic mass is 9.56. The van der Waals surface area contributed by atoms with Crippen molar-refractivity contribution in [3.8, 4) is 0 Å². The molecular formula is C25H41BO4Si. The second-order valence-electron chi connectivity index (χ2n) is 11.9. The Morgan fingerprint density at radius 3 is 2.29 bits per heavy atom. The minimum atomic E-state index is -2.09. The molecule has 1 saturated heterocycles. The zero-order valence-electron chi connectivity index (χ0n) is 21.0. The molecule has 172 valence electrons. The summed E-state index contributed by atoms with van der Waals surface area (Å²) in [6.45, 7) is 19.2. The van der Waals surface area contributed by atoms with E-state index < -0.39 is 8.32 Å². The highest BCUT2D eigenvalue weighted by molar-refractivity contribution is 6.75. The lowest BCUT2D eigenvalue weighted by molar-refractivity contribution is -0.135.